The zero-order valence-corrected chi connectivity index (χ0v) is 11.1. The van der Waals surface area contributed by atoms with Crippen molar-refractivity contribution in [2.24, 2.45) is 0 Å². The predicted octanol–water partition coefficient (Wildman–Crippen LogP) is 0.202. The molecule has 0 rings (SSSR count). The summed E-state index contributed by atoms with van der Waals surface area (Å²) in [5.41, 5.74) is -1.28. The Morgan fingerprint density at radius 2 is 1.89 bits per heavy atom. The third-order valence-electron chi connectivity index (χ3n) is 2.14. The Balaban J connectivity index is 3.57. The molecular formula is C11H22N2O5. The van der Waals surface area contributed by atoms with E-state index in [1.54, 1.807) is 7.11 Å². The molecule has 7 heteroatoms. The molecule has 0 radical (unpaired) electrons. The number of carbonyl (C=O) groups is 2. The molecule has 3 N–H and O–H groups in total. The van der Waals surface area contributed by atoms with Crippen LogP contribution in [0, 0.1) is 0 Å². The van der Waals surface area contributed by atoms with Crippen LogP contribution in [0.4, 0.5) is 4.79 Å². The summed E-state index contributed by atoms with van der Waals surface area (Å²) in [7, 11) is 1.60. The van der Waals surface area contributed by atoms with E-state index in [1.807, 2.05) is 0 Å². The van der Waals surface area contributed by atoms with Crippen molar-refractivity contribution in [3.8, 4) is 0 Å². The van der Waals surface area contributed by atoms with Crippen LogP contribution in [0.3, 0.4) is 0 Å². The highest BCUT2D eigenvalue weighted by Gasteiger charge is 2.28. The maximum Gasteiger partial charge on any atom is 0.328 e. The minimum Gasteiger partial charge on any atom is -0.480 e. The third-order valence-corrected chi connectivity index (χ3v) is 2.14. The maximum absolute atomic E-state index is 11.4. The number of ether oxygens (including phenoxy) is 2. The van der Waals surface area contributed by atoms with E-state index in [2.05, 4.69) is 10.6 Å². The van der Waals surface area contributed by atoms with Gasteiger partial charge in [0.2, 0.25) is 0 Å². The number of amides is 2. The third kappa shape index (κ3) is 7.86. The molecule has 0 aliphatic rings. The average molecular weight is 262 g/mol. The lowest BCUT2D eigenvalue weighted by Gasteiger charge is -2.21. The molecule has 0 aromatic rings. The molecule has 0 spiro atoms. The first-order valence-corrected chi connectivity index (χ1v) is 5.76. The van der Waals surface area contributed by atoms with Gasteiger partial charge in [-0.25, -0.2) is 9.59 Å². The summed E-state index contributed by atoms with van der Waals surface area (Å²) in [5, 5.41) is 13.7. The fraction of sp³-hybridized carbons (Fsp3) is 0.818. The largest absolute Gasteiger partial charge is 0.480 e. The number of carboxylic acid groups (broad SMARTS) is 1. The number of rotatable bonds is 9. The van der Waals surface area contributed by atoms with Gasteiger partial charge in [-0.2, -0.15) is 0 Å². The second kappa shape index (κ2) is 8.71. The van der Waals surface area contributed by atoms with Gasteiger partial charge in [-0.05, 0) is 20.3 Å². The molecule has 18 heavy (non-hydrogen) atoms. The summed E-state index contributed by atoms with van der Waals surface area (Å²) in [6.45, 7) is 4.85. The zero-order valence-electron chi connectivity index (χ0n) is 11.1. The lowest BCUT2D eigenvalue weighted by molar-refractivity contribution is -0.142. The zero-order chi connectivity index (χ0) is 14.0. The summed E-state index contributed by atoms with van der Waals surface area (Å²) in [6, 6.07) is -0.501. The van der Waals surface area contributed by atoms with E-state index in [-0.39, 0.29) is 0 Å². The van der Waals surface area contributed by atoms with Gasteiger partial charge in [-0.15, -0.1) is 0 Å². The van der Waals surface area contributed by atoms with Crippen molar-refractivity contribution in [1.82, 2.24) is 10.6 Å². The van der Waals surface area contributed by atoms with Crippen molar-refractivity contribution < 1.29 is 24.2 Å². The van der Waals surface area contributed by atoms with Crippen LogP contribution in [0.25, 0.3) is 0 Å². The lowest BCUT2D eigenvalue weighted by atomic mass is 10.1. The molecule has 0 heterocycles. The van der Waals surface area contributed by atoms with Gasteiger partial charge in [0.15, 0.2) is 0 Å². The first-order valence-electron chi connectivity index (χ1n) is 5.76. The molecule has 2 amide bonds. The topological polar surface area (TPSA) is 96.9 Å². The van der Waals surface area contributed by atoms with E-state index in [4.69, 9.17) is 14.6 Å². The van der Waals surface area contributed by atoms with E-state index in [0.717, 1.165) is 0 Å². The molecule has 0 aliphatic heterocycles. The van der Waals surface area contributed by atoms with Crippen molar-refractivity contribution in [2.45, 2.75) is 25.8 Å². The van der Waals surface area contributed by atoms with Crippen LogP contribution in [0.15, 0.2) is 0 Å². The SMILES string of the molecule is COCCOCCCNC(=O)NC(C)(C)C(=O)O. The molecular weight excluding hydrogens is 240 g/mol. The monoisotopic (exact) mass is 262 g/mol. The normalized spacial score (nSPS) is 11.1. The van der Waals surface area contributed by atoms with Crippen molar-refractivity contribution in [1.29, 1.82) is 0 Å². The van der Waals surface area contributed by atoms with E-state index in [1.165, 1.54) is 13.8 Å². The number of hydrogen-bond donors (Lipinski definition) is 3. The molecule has 0 aromatic carbocycles. The highest BCUT2D eigenvalue weighted by molar-refractivity contribution is 5.85. The number of hydrogen-bond acceptors (Lipinski definition) is 4. The number of nitrogens with one attached hydrogen (secondary N) is 2. The van der Waals surface area contributed by atoms with Crippen LogP contribution in [0.5, 0.6) is 0 Å². The standard InChI is InChI=1S/C11H22N2O5/c1-11(2,9(14)15)13-10(16)12-5-4-6-18-8-7-17-3/h4-8H2,1-3H3,(H,14,15)(H2,12,13,16). The summed E-state index contributed by atoms with van der Waals surface area (Å²) in [5.74, 6) is -1.08. The van der Waals surface area contributed by atoms with Gasteiger partial charge < -0.3 is 25.2 Å². The van der Waals surface area contributed by atoms with Gasteiger partial charge in [-0.1, -0.05) is 0 Å². The molecule has 0 aromatic heterocycles. The van der Waals surface area contributed by atoms with Crippen LogP contribution in [-0.4, -0.2) is 56.1 Å². The molecule has 7 nitrogen and oxygen atoms in total. The Bertz CT molecular complexity index is 268. The van der Waals surface area contributed by atoms with Crippen molar-refractivity contribution in [2.75, 3.05) is 33.5 Å². The predicted molar refractivity (Wildman–Crippen MR) is 65.6 cm³/mol. The quantitative estimate of drug-likeness (QED) is 0.516. The molecule has 0 bridgehead atoms. The molecule has 0 atom stereocenters. The fourth-order valence-electron chi connectivity index (χ4n) is 1.00. The van der Waals surface area contributed by atoms with Crippen molar-refractivity contribution in [3.05, 3.63) is 0 Å². The minimum absolute atomic E-state index is 0.425. The number of carbonyl (C=O) groups excluding carboxylic acids is 1. The highest BCUT2D eigenvalue weighted by atomic mass is 16.5. The molecule has 0 aliphatic carbocycles. The summed E-state index contributed by atoms with van der Waals surface area (Å²) < 4.78 is 10.0. The van der Waals surface area contributed by atoms with Gasteiger partial charge in [0.25, 0.3) is 0 Å². The van der Waals surface area contributed by atoms with E-state index < -0.39 is 17.5 Å². The minimum atomic E-state index is -1.28. The number of aliphatic carboxylic acids is 1. The van der Waals surface area contributed by atoms with Gasteiger partial charge in [-0.3, -0.25) is 0 Å². The second-order valence-corrected chi connectivity index (χ2v) is 4.27. The van der Waals surface area contributed by atoms with E-state index >= 15 is 0 Å². The molecule has 0 fully saturated rings. The molecule has 0 saturated heterocycles. The Labute approximate surface area is 107 Å². The van der Waals surface area contributed by atoms with Gasteiger partial charge >= 0.3 is 12.0 Å². The maximum atomic E-state index is 11.4. The summed E-state index contributed by atoms with van der Waals surface area (Å²) >= 11 is 0. The number of methoxy groups -OCH3 is 1. The Morgan fingerprint density at radius 3 is 2.44 bits per heavy atom. The van der Waals surface area contributed by atoms with Crippen LogP contribution in [0.1, 0.15) is 20.3 Å². The Morgan fingerprint density at radius 1 is 1.22 bits per heavy atom. The lowest BCUT2D eigenvalue weighted by Crippen LogP contribution is -2.53. The number of carboxylic acids is 1. The van der Waals surface area contributed by atoms with Crippen LogP contribution >= 0.6 is 0 Å². The summed E-state index contributed by atoms with van der Waals surface area (Å²) in [4.78, 5) is 22.1. The van der Waals surface area contributed by atoms with Crippen LogP contribution in [-0.2, 0) is 14.3 Å². The van der Waals surface area contributed by atoms with Gasteiger partial charge in [0.05, 0.1) is 13.2 Å². The van der Waals surface area contributed by atoms with Crippen molar-refractivity contribution >= 4 is 12.0 Å². The summed E-state index contributed by atoms with van der Waals surface area (Å²) in [6.07, 6.45) is 0.657. The van der Waals surface area contributed by atoms with Gasteiger partial charge in [0, 0.05) is 20.3 Å². The smallest absolute Gasteiger partial charge is 0.328 e. The van der Waals surface area contributed by atoms with E-state index in [9.17, 15) is 9.59 Å². The van der Waals surface area contributed by atoms with E-state index in [0.29, 0.717) is 32.8 Å². The highest BCUT2D eigenvalue weighted by Crippen LogP contribution is 2.00. The second-order valence-electron chi connectivity index (χ2n) is 4.27. The average Bonchev–Trinajstić information content (AvgIpc) is 2.27. The molecule has 0 unspecified atom stereocenters. The Hall–Kier alpha value is -1.34. The van der Waals surface area contributed by atoms with Gasteiger partial charge in [0.1, 0.15) is 5.54 Å². The fourth-order valence-corrected chi connectivity index (χ4v) is 1.00. The van der Waals surface area contributed by atoms with Crippen LogP contribution in [0.2, 0.25) is 0 Å². The van der Waals surface area contributed by atoms with Crippen LogP contribution < -0.4 is 10.6 Å². The first-order chi connectivity index (χ1) is 8.40. The molecule has 106 valence electrons. The van der Waals surface area contributed by atoms with Crippen molar-refractivity contribution in [3.63, 3.8) is 0 Å². The first kappa shape index (κ1) is 16.7. The molecule has 0 saturated carbocycles. The number of urea groups is 1. The Kier molecular flexibility index (Phi) is 8.06.